The molecule has 0 aliphatic heterocycles. The molecule has 0 aliphatic rings. The summed E-state index contributed by atoms with van der Waals surface area (Å²) in [6.45, 7) is 7.51. The minimum atomic E-state index is -0.254. The van der Waals surface area contributed by atoms with Crippen molar-refractivity contribution >= 4 is 11.9 Å². The van der Waals surface area contributed by atoms with Gasteiger partial charge in [0.25, 0.3) is 0 Å². The lowest BCUT2D eigenvalue weighted by Crippen LogP contribution is -2.00. The minimum Gasteiger partial charge on any atom is -0.507 e. The molecule has 0 radical (unpaired) electrons. The van der Waals surface area contributed by atoms with Gasteiger partial charge in [0.15, 0.2) is 5.78 Å². The van der Waals surface area contributed by atoms with Crippen molar-refractivity contribution in [3.05, 3.63) is 58.2 Å². The molecule has 0 fully saturated rings. The number of carbonyl (C=O) groups excluding carboxylic acids is 1. The van der Waals surface area contributed by atoms with Gasteiger partial charge in [0.1, 0.15) is 5.75 Å². The van der Waals surface area contributed by atoms with Crippen LogP contribution in [0.2, 0.25) is 0 Å². The fraction of sp³-hybridized carbons (Fsp3) is 0.235. The molecule has 1 heterocycles. The molecule has 0 aliphatic carbocycles. The van der Waals surface area contributed by atoms with Gasteiger partial charge in [-0.15, -0.1) is 0 Å². The third-order valence-corrected chi connectivity index (χ3v) is 3.33. The second kappa shape index (κ2) is 5.87. The fourth-order valence-electron chi connectivity index (χ4n) is 1.98. The maximum absolute atomic E-state index is 12.2. The first-order valence-corrected chi connectivity index (χ1v) is 6.72. The molecule has 108 valence electrons. The molecule has 0 bridgehead atoms. The average Bonchev–Trinajstić information content (AvgIpc) is 2.43. The molecule has 0 amide bonds. The van der Waals surface area contributed by atoms with E-state index in [1.54, 1.807) is 18.2 Å². The van der Waals surface area contributed by atoms with E-state index in [0.717, 1.165) is 22.6 Å². The van der Waals surface area contributed by atoms with Crippen molar-refractivity contribution in [2.24, 2.45) is 0 Å². The van der Waals surface area contributed by atoms with Crippen molar-refractivity contribution in [1.82, 2.24) is 9.97 Å². The third kappa shape index (κ3) is 3.34. The van der Waals surface area contributed by atoms with Gasteiger partial charge in [-0.25, -0.2) is 4.98 Å². The van der Waals surface area contributed by atoms with E-state index in [2.05, 4.69) is 9.97 Å². The summed E-state index contributed by atoms with van der Waals surface area (Å²) in [5.74, 6) is -0.270. The Labute approximate surface area is 124 Å². The van der Waals surface area contributed by atoms with Crippen LogP contribution in [-0.2, 0) is 0 Å². The normalized spacial score (nSPS) is 11.0. The van der Waals surface area contributed by atoms with Crippen LogP contribution in [0.3, 0.4) is 0 Å². The van der Waals surface area contributed by atoms with Gasteiger partial charge in [0.05, 0.1) is 28.3 Å². The van der Waals surface area contributed by atoms with Gasteiger partial charge in [-0.2, -0.15) is 0 Å². The van der Waals surface area contributed by atoms with E-state index in [4.69, 9.17) is 0 Å². The Balaban J connectivity index is 2.31. The summed E-state index contributed by atoms with van der Waals surface area (Å²) in [7, 11) is 0. The highest BCUT2D eigenvalue weighted by molar-refractivity contribution is 6.08. The van der Waals surface area contributed by atoms with Crippen LogP contribution in [0.5, 0.6) is 5.75 Å². The van der Waals surface area contributed by atoms with Gasteiger partial charge >= 0.3 is 0 Å². The van der Waals surface area contributed by atoms with Crippen molar-refractivity contribution in [2.45, 2.75) is 27.7 Å². The number of nitrogens with zero attached hydrogens (tertiary/aromatic N) is 2. The molecule has 0 atom stereocenters. The summed E-state index contributed by atoms with van der Waals surface area (Å²) in [4.78, 5) is 21.0. The van der Waals surface area contributed by atoms with Crippen molar-refractivity contribution < 1.29 is 9.90 Å². The number of aromatic hydroxyl groups is 1. The highest BCUT2D eigenvalue weighted by Gasteiger charge is 2.09. The zero-order valence-corrected chi connectivity index (χ0v) is 12.6. The molecule has 1 N–H and O–H groups in total. The number of hydrogen-bond acceptors (Lipinski definition) is 4. The van der Waals surface area contributed by atoms with Gasteiger partial charge in [0.2, 0.25) is 0 Å². The Hall–Kier alpha value is -2.49. The van der Waals surface area contributed by atoms with Crippen molar-refractivity contribution in [3.63, 3.8) is 0 Å². The van der Waals surface area contributed by atoms with Gasteiger partial charge in [-0.3, -0.25) is 9.78 Å². The maximum Gasteiger partial charge on any atom is 0.189 e. The lowest BCUT2D eigenvalue weighted by atomic mass is 10.1. The molecule has 4 heteroatoms. The lowest BCUT2D eigenvalue weighted by molar-refractivity contribution is 0.104. The third-order valence-electron chi connectivity index (χ3n) is 3.33. The number of ketones is 1. The molecular formula is C17H18N2O2. The number of phenolic OH excluding ortho intramolecular Hbond substituents is 1. The van der Waals surface area contributed by atoms with Crippen LogP contribution in [0.15, 0.2) is 24.3 Å². The second-order valence-corrected chi connectivity index (χ2v) is 5.08. The molecule has 1 aromatic carbocycles. The molecule has 2 rings (SSSR count). The molecule has 0 unspecified atom stereocenters. The van der Waals surface area contributed by atoms with E-state index in [1.807, 2.05) is 27.7 Å². The number of rotatable bonds is 3. The quantitative estimate of drug-likeness (QED) is 0.693. The monoisotopic (exact) mass is 282 g/mol. The largest absolute Gasteiger partial charge is 0.507 e. The number of hydrogen-bond donors (Lipinski definition) is 1. The minimum absolute atomic E-state index is 0.0156. The first-order valence-electron chi connectivity index (χ1n) is 6.72. The van der Waals surface area contributed by atoms with E-state index < -0.39 is 0 Å². The average molecular weight is 282 g/mol. The van der Waals surface area contributed by atoms with Crippen LogP contribution >= 0.6 is 0 Å². The second-order valence-electron chi connectivity index (χ2n) is 5.08. The number of carbonyl (C=O) groups is 1. The molecule has 0 saturated carbocycles. The lowest BCUT2D eigenvalue weighted by Gasteiger charge is -2.04. The summed E-state index contributed by atoms with van der Waals surface area (Å²) in [6.07, 6.45) is 3.05. The van der Waals surface area contributed by atoms with Crippen molar-refractivity contribution in [2.75, 3.05) is 0 Å². The van der Waals surface area contributed by atoms with Crippen LogP contribution in [0.1, 0.15) is 38.7 Å². The molecule has 0 spiro atoms. The summed E-state index contributed by atoms with van der Waals surface area (Å²) in [6, 6.07) is 4.95. The van der Waals surface area contributed by atoms with Crippen molar-refractivity contribution in [1.29, 1.82) is 0 Å². The topological polar surface area (TPSA) is 63.1 Å². The number of phenols is 1. The van der Waals surface area contributed by atoms with Gasteiger partial charge in [-0.1, -0.05) is 11.6 Å². The molecule has 21 heavy (non-hydrogen) atoms. The molecule has 4 nitrogen and oxygen atoms in total. The zero-order valence-electron chi connectivity index (χ0n) is 12.6. The van der Waals surface area contributed by atoms with E-state index >= 15 is 0 Å². The first kappa shape index (κ1) is 14.9. The maximum atomic E-state index is 12.2. The molecular weight excluding hydrogens is 264 g/mol. The smallest absolute Gasteiger partial charge is 0.189 e. The van der Waals surface area contributed by atoms with E-state index in [1.165, 1.54) is 12.1 Å². The van der Waals surface area contributed by atoms with Crippen molar-refractivity contribution in [3.8, 4) is 5.75 Å². The SMILES string of the molecule is Cc1ccc(O)c(C(=O)/C=C/c2nc(C)c(C)nc2C)c1. The standard InChI is InChI=1S/C17H18N2O2/c1-10-5-7-16(20)14(9-10)17(21)8-6-15-13(4)18-11(2)12(3)19-15/h5-9,20H,1-4H3/b8-6+. The first-order chi connectivity index (χ1) is 9.88. The highest BCUT2D eigenvalue weighted by atomic mass is 16.3. The Morgan fingerprint density at radius 3 is 2.43 bits per heavy atom. The molecule has 2 aromatic rings. The summed E-state index contributed by atoms with van der Waals surface area (Å²) >= 11 is 0. The van der Waals surface area contributed by atoms with Gasteiger partial charge in [-0.05, 0) is 52.0 Å². The van der Waals surface area contributed by atoms with Crippen LogP contribution in [0.4, 0.5) is 0 Å². The molecule has 0 saturated heterocycles. The summed E-state index contributed by atoms with van der Waals surface area (Å²) < 4.78 is 0. The van der Waals surface area contributed by atoms with Gasteiger partial charge in [0, 0.05) is 0 Å². The highest BCUT2D eigenvalue weighted by Crippen LogP contribution is 2.19. The van der Waals surface area contributed by atoms with Crippen LogP contribution < -0.4 is 0 Å². The number of allylic oxidation sites excluding steroid dienone is 1. The van der Waals surface area contributed by atoms with E-state index in [9.17, 15) is 9.90 Å². The number of aromatic nitrogens is 2. The number of benzene rings is 1. The Bertz CT molecular complexity index is 734. The Kier molecular flexibility index (Phi) is 4.17. The molecule has 1 aromatic heterocycles. The van der Waals surface area contributed by atoms with Crippen LogP contribution in [-0.4, -0.2) is 20.9 Å². The zero-order chi connectivity index (χ0) is 15.6. The summed E-state index contributed by atoms with van der Waals surface area (Å²) in [5.41, 5.74) is 4.38. The Morgan fingerprint density at radius 1 is 1.05 bits per heavy atom. The van der Waals surface area contributed by atoms with Gasteiger partial charge < -0.3 is 5.11 Å². The van der Waals surface area contributed by atoms with Crippen LogP contribution in [0, 0.1) is 27.7 Å². The van der Waals surface area contributed by atoms with E-state index in [-0.39, 0.29) is 11.5 Å². The fourth-order valence-corrected chi connectivity index (χ4v) is 1.98. The predicted molar refractivity (Wildman–Crippen MR) is 82.5 cm³/mol. The predicted octanol–water partition coefficient (Wildman–Crippen LogP) is 3.31. The van der Waals surface area contributed by atoms with E-state index in [0.29, 0.717) is 11.3 Å². The van der Waals surface area contributed by atoms with Crippen LogP contribution in [0.25, 0.3) is 6.08 Å². The Morgan fingerprint density at radius 2 is 1.71 bits per heavy atom. The number of aryl methyl sites for hydroxylation is 4. The summed E-state index contributed by atoms with van der Waals surface area (Å²) in [5, 5.41) is 9.75.